The molecule has 2 aliphatic rings. The molecule has 1 saturated heterocycles. The second kappa shape index (κ2) is 6.59. The van der Waals surface area contributed by atoms with Gasteiger partial charge in [0.05, 0.1) is 23.4 Å². The summed E-state index contributed by atoms with van der Waals surface area (Å²) in [5, 5.41) is 17.8. The number of rotatable bonds is 3. The van der Waals surface area contributed by atoms with Gasteiger partial charge in [0, 0.05) is 12.1 Å². The van der Waals surface area contributed by atoms with Crippen LogP contribution in [0, 0.1) is 23.1 Å². The van der Waals surface area contributed by atoms with Gasteiger partial charge in [0.15, 0.2) is 5.65 Å². The molecule has 8 nitrogen and oxygen atoms in total. The summed E-state index contributed by atoms with van der Waals surface area (Å²) in [6.07, 6.45) is 1.74. The largest absolute Gasteiger partial charge is 0.337 e. The van der Waals surface area contributed by atoms with E-state index in [2.05, 4.69) is 20.7 Å². The number of nitrogens with one attached hydrogen (secondary N) is 2. The van der Waals surface area contributed by atoms with E-state index in [0.29, 0.717) is 23.3 Å². The van der Waals surface area contributed by atoms with Crippen molar-refractivity contribution in [3.63, 3.8) is 0 Å². The van der Waals surface area contributed by atoms with Crippen LogP contribution in [0.3, 0.4) is 0 Å². The molecule has 3 amide bonds. The number of imidazole rings is 1. The van der Waals surface area contributed by atoms with Crippen LogP contribution in [-0.2, 0) is 4.79 Å². The number of imide groups is 1. The first-order valence-electron chi connectivity index (χ1n) is 9.28. The third-order valence-electron chi connectivity index (χ3n) is 5.58. The Balaban J connectivity index is 1.53. The maximum Gasteiger partial charge on any atom is 0.321 e. The van der Waals surface area contributed by atoms with Gasteiger partial charge in [-0.2, -0.15) is 19.3 Å². The van der Waals surface area contributed by atoms with E-state index in [4.69, 9.17) is 5.26 Å². The normalized spacial score (nSPS) is 23.0. The van der Waals surface area contributed by atoms with Gasteiger partial charge in [-0.15, -0.1) is 0 Å². The molecule has 0 radical (unpaired) electrons. The second-order valence-electron chi connectivity index (χ2n) is 7.39. The van der Waals surface area contributed by atoms with Crippen LogP contribution in [0.1, 0.15) is 46.6 Å². The van der Waals surface area contributed by atoms with Crippen molar-refractivity contribution in [3.8, 4) is 6.07 Å². The van der Waals surface area contributed by atoms with E-state index in [1.807, 2.05) is 0 Å². The molecule has 1 aliphatic carbocycles. The van der Waals surface area contributed by atoms with Crippen LogP contribution < -0.4 is 10.6 Å². The molecule has 1 saturated carbocycles. The summed E-state index contributed by atoms with van der Waals surface area (Å²) in [6.45, 7) is 0.0495. The van der Waals surface area contributed by atoms with Crippen LogP contribution >= 0.6 is 0 Å². The molecule has 1 aliphatic heterocycles. The molecule has 30 heavy (non-hydrogen) atoms. The summed E-state index contributed by atoms with van der Waals surface area (Å²) >= 11 is 0. The Morgan fingerprint density at radius 2 is 2.03 bits per heavy atom. The zero-order valence-corrected chi connectivity index (χ0v) is 15.4. The Bertz CT molecular complexity index is 1260. The number of carbonyl (C=O) groups excluding carboxylic acids is 2. The van der Waals surface area contributed by atoms with E-state index >= 15 is 0 Å². The Labute approximate surface area is 168 Å². The average molecular weight is 408 g/mol. The second-order valence-corrected chi connectivity index (χ2v) is 7.39. The van der Waals surface area contributed by atoms with E-state index in [9.17, 15) is 18.4 Å². The number of aromatic nitrogens is 3. The third kappa shape index (κ3) is 2.86. The molecule has 5 rings (SSSR count). The van der Waals surface area contributed by atoms with Crippen LogP contribution in [0.5, 0.6) is 0 Å². The number of benzene rings is 1. The minimum absolute atomic E-state index is 0.0223. The Morgan fingerprint density at radius 3 is 2.77 bits per heavy atom. The van der Waals surface area contributed by atoms with Gasteiger partial charge in [-0.05, 0) is 42.0 Å². The van der Waals surface area contributed by atoms with Crippen molar-refractivity contribution in [1.29, 1.82) is 5.26 Å². The minimum atomic E-state index is -0.766. The molecular weight excluding hydrogens is 394 g/mol. The summed E-state index contributed by atoms with van der Waals surface area (Å²) in [4.78, 5) is 27.7. The van der Waals surface area contributed by atoms with Gasteiger partial charge in [0.1, 0.15) is 11.9 Å². The standard InChI is InChI=1S/C20H14F2N6O2/c21-15-3-9(1-2-10(15)6-23)11-4-12(11)13-5-16(14-7-25-20(30)26-19(14)29)27-28-17(22)8-24-18(13)28/h1-3,5,8,11-12,14H,4,7H2,(H2,25,26,29,30)/t11-,12+,14?/m1/s1. The predicted octanol–water partition coefficient (Wildman–Crippen LogP) is 2.07. The molecule has 2 fully saturated rings. The number of nitriles is 1. The van der Waals surface area contributed by atoms with Gasteiger partial charge in [-0.3, -0.25) is 10.1 Å². The lowest BCUT2D eigenvalue weighted by Crippen LogP contribution is -2.51. The van der Waals surface area contributed by atoms with Crippen molar-refractivity contribution >= 4 is 17.6 Å². The molecule has 3 aromatic rings. The number of hydrogen-bond acceptors (Lipinski definition) is 5. The van der Waals surface area contributed by atoms with Crippen LogP contribution in [0.25, 0.3) is 5.65 Å². The lowest BCUT2D eigenvalue weighted by atomic mass is 9.98. The molecule has 3 heterocycles. The molecule has 0 spiro atoms. The van der Waals surface area contributed by atoms with E-state index in [1.54, 1.807) is 18.2 Å². The van der Waals surface area contributed by atoms with Gasteiger partial charge in [-0.25, -0.2) is 14.2 Å². The lowest BCUT2D eigenvalue weighted by molar-refractivity contribution is -0.122. The van der Waals surface area contributed by atoms with Crippen molar-refractivity contribution in [3.05, 3.63) is 64.6 Å². The summed E-state index contributed by atoms with van der Waals surface area (Å²) in [7, 11) is 0. The summed E-state index contributed by atoms with van der Waals surface area (Å²) in [5.74, 6) is -2.62. The van der Waals surface area contributed by atoms with Crippen molar-refractivity contribution in [2.45, 2.75) is 24.2 Å². The van der Waals surface area contributed by atoms with Gasteiger partial charge < -0.3 is 5.32 Å². The van der Waals surface area contributed by atoms with E-state index in [1.165, 1.54) is 12.1 Å². The average Bonchev–Trinajstić information content (AvgIpc) is 3.44. The predicted molar refractivity (Wildman–Crippen MR) is 98.4 cm³/mol. The lowest BCUT2D eigenvalue weighted by Gasteiger charge is -2.22. The zero-order chi connectivity index (χ0) is 21.0. The minimum Gasteiger partial charge on any atom is -0.337 e. The summed E-state index contributed by atoms with van der Waals surface area (Å²) in [6, 6.07) is 7.41. The van der Waals surface area contributed by atoms with Crippen molar-refractivity contribution in [1.82, 2.24) is 25.2 Å². The molecule has 0 bridgehead atoms. The van der Waals surface area contributed by atoms with Crippen molar-refractivity contribution in [2.24, 2.45) is 0 Å². The number of fused-ring (bicyclic) bond motifs is 1. The highest BCUT2D eigenvalue weighted by Crippen LogP contribution is 2.55. The summed E-state index contributed by atoms with van der Waals surface area (Å²) < 4.78 is 29.3. The topological polar surface area (TPSA) is 112 Å². The molecule has 1 aromatic carbocycles. The SMILES string of the molecule is N#Cc1ccc([C@H]2C[C@@H]2c2cc(C3CNC(=O)NC3=O)nn3c(F)cnc23)cc1F. The number of carbonyl (C=O) groups is 2. The number of halogens is 2. The van der Waals surface area contributed by atoms with E-state index in [-0.39, 0.29) is 23.9 Å². The smallest absolute Gasteiger partial charge is 0.321 e. The van der Waals surface area contributed by atoms with Gasteiger partial charge in [0.25, 0.3) is 0 Å². The monoisotopic (exact) mass is 408 g/mol. The van der Waals surface area contributed by atoms with Gasteiger partial charge in [-0.1, -0.05) is 6.07 Å². The fourth-order valence-electron chi connectivity index (χ4n) is 3.96. The molecule has 3 atom stereocenters. The maximum absolute atomic E-state index is 14.3. The molecule has 1 unspecified atom stereocenters. The maximum atomic E-state index is 14.3. The first-order chi connectivity index (χ1) is 14.5. The first-order valence-corrected chi connectivity index (χ1v) is 9.28. The fourth-order valence-corrected chi connectivity index (χ4v) is 3.96. The quantitative estimate of drug-likeness (QED) is 0.689. The van der Waals surface area contributed by atoms with E-state index < -0.39 is 29.6 Å². The Kier molecular flexibility index (Phi) is 3.99. The molecule has 2 N–H and O–H groups in total. The Morgan fingerprint density at radius 1 is 1.20 bits per heavy atom. The number of urea groups is 1. The van der Waals surface area contributed by atoms with Crippen LogP contribution in [0.15, 0.2) is 30.5 Å². The number of nitrogens with zero attached hydrogens (tertiary/aromatic N) is 4. The van der Waals surface area contributed by atoms with Crippen molar-refractivity contribution < 1.29 is 18.4 Å². The molecule has 10 heteroatoms. The first kappa shape index (κ1) is 18.2. The van der Waals surface area contributed by atoms with Gasteiger partial charge in [0.2, 0.25) is 11.9 Å². The third-order valence-corrected chi connectivity index (χ3v) is 5.58. The highest BCUT2D eigenvalue weighted by molar-refractivity contribution is 6.00. The molecule has 150 valence electrons. The van der Waals surface area contributed by atoms with Crippen LogP contribution in [0.4, 0.5) is 13.6 Å². The fraction of sp³-hybridized carbons (Fsp3) is 0.250. The molecule has 2 aromatic heterocycles. The Hall–Kier alpha value is -3.87. The van der Waals surface area contributed by atoms with Crippen molar-refractivity contribution in [2.75, 3.05) is 6.54 Å². The number of amides is 3. The van der Waals surface area contributed by atoms with E-state index in [0.717, 1.165) is 16.3 Å². The highest BCUT2D eigenvalue weighted by Gasteiger charge is 2.42. The highest BCUT2D eigenvalue weighted by atomic mass is 19.1. The van der Waals surface area contributed by atoms with Crippen LogP contribution in [-0.4, -0.2) is 33.1 Å². The summed E-state index contributed by atoms with van der Waals surface area (Å²) in [5.41, 5.74) is 2.05. The molecular formula is C20H14F2N6O2. The number of hydrogen-bond donors (Lipinski definition) is 2. The zero-order valence-electron chi connectivity index (χ0n) is 15.4. The van der Waals surface area contributed by atoms with Gasteiger partial charge >= 0.3 is 6.03 Å². The van der Waals surface area contributed by atoms with Crippen LogP contribution in [0.2, 0.25) is 0 Å².